The molecule has 1 amide bonds. The Morgan fingerprint density at radius 1 is 1.04 bits per heavy atom. The van der Waals surface area contributed by atoms with Crippen LogP contribution in [-0.4, -0.2) is 25.2 Å². The van der Waals surface area contributed by atoms with Crippen LogP contribution >= 0.6 is 11.6 Å². The Bertz CT molecular complexity index is 913. The quantitative estimate of drug-likeness (QED) is 0.566. The van der Waals surface area contributed by atoms with Crippen LogP contribution in [-0.2, 0) is 4.79 Å². The minimum absolute atomic E-state index is 0.181. The molecule has 0 aromatic heterocycles. The highest BCUT2D eigenvalue weighted by atomic mass is 35.5. The van der Waals surface area contributed by atoms with Gasteiger partial charge in [-0.3, -0.25) is 4.79 Å². The SMILES string of the molecule is CCC(Oc1ccccc1Cl)C(=O)NCCOc1ccc2ccccc2c1. The van der Waals surface area contributed by atoms with E-state index in [1.54, 1.807) is 12.1 Å². The van der Waals surface area contributed by atoms with Crippen LogP contribution in [0.1, 0.15) is 13.3 Å². The molecule has 0 radical (unpaired) electrons. The lowest BCUT2D eigenvalue weighted by Crippen LogP contribution is -2.39. The van der Waals surface area contributed by atoms with Gasteiger partial charge in [0.1, 0.15) is 18.1 Å². The maximum Gasteiger partial charge on any atom is 0.261 e. The number of halogens is 1. The zero-order valence-electron chi connectivity index (χ0n) is 15.2. The highest BCUT2D eigenvalue weighted by Crippen LogP contribution is 2.25. The summed E-state index contributed by atoms with van der Waals surface area (Å²) in [6.07, 6.45) is -0.0478. The zero-order chi connectivity index (χ0) is 19.1. The van der Waals surface area contributed by atoms with Crippen molar-refractivity contribution in [2.24, 2.45) is 0 Å². The lowest BCUT2D eigenvalue weighted by Gasteiger charge is -2.18. The molecule has 27 heavy (non-hydrogen) atoms. The van der Waals surface area contributed by atoms with Gasteiger partial charge in [-0.1, -0.05) is 61.0 Å². The molecule has 0 saturated carbocycles. The summed E-state index contributed by atoms with van der Waals surface area (Å²) in [4.78, 5) is 12.3. The van der Waals surface area contributed by atoms with Gasteiger partial charge < -0.3 is 14.8 Å². The van der Waals surface area contributed by atoms with Gasteiger partial charge in [-0.25, -0.2) is 0 Å². The van der Waals surface area contributed by atoms with E-state index in [-0.39, 0.29) is 5.91 Å². The van der Waals surface area contributed by atoms with Crippen molar-refractivity contribution in [3.63, 3.8) is 0 Å². The first-order valence-electron chi connectivity index (χ1n) is 8.98. The van der Waals surface area contributed by atoms with Gasteiger partial charge >= 0.3 is 0 Å². The average molecular weight is 384 g/mol. The first-order chi connectivity index (χ1) is 13.2. The number of ether oxygens (including phenoxy) is 2. The lowest BCUT2D eigenvalue weighted by atomic mass is 10.1. The smallest absolute Gasteiger partial charge is 0.261 e. The molecule has 0 heterocycles. The topological polar surface area (TPSA) is 47.6 Å². The number of hydrogen-bond acceptors (Lipinski definition) is 3. The second-order valence-corrected chi connectivity index (χ2v) is 6.50. The number of benzene rings is 3. The summed E-state index contributed by atoms with van der Waals surface area (Å²) in [7, 11) is 0. The normalized spacial score (nSPS) is 11.8. The van der Waals surface area contributed by atoms with Crippen LogP contribution in [0.15, 0.2) is 66.7 Å². The Labute approximate surface area is 164 Å². The molecule has 3 aromatic rings. The molecule has 1 N–H and O–H groups in total. The average Bonchev–Trinajstić information content (AvgIpc) is 2.70. The van der Waals surface area contributed by atoms with E-state index < -0.39 is 6.10 Å². The molecular formula is C22H22ClNO3. The van der Waals surface area contributed by atoms with Gasteiger partial charge in [0.25, 0.3) is 5.91 Å². The molecule has 0 aliphatic rings. The highest BCUT2D eigenvalue weighted by Gasteiger charge is 2.18. The Kier molecular flexibility index (Phi) is 6.55. The van der Waals surface area contributed by atoms with Crippen molar-refractivity contribution < 1.29 is 14.3 Å². The molecule has 0 aliphatic heterocycles. The monoisotopic (exact) mass is 383 g/mol. The fraction of sp³-hybridized carbons (Fsp3) is 0.227. The van der Waals surface area contributed by atoms with Gasteiger partial charge in [0.05, 0.1) is 11.6 Å². The number of carbonyl (C=O) groups excluding carboxylic acids is 1. The molecule has 3 rings (SSSR count). The molecule has 5 heteroatoms. The van der Waals surface area contributed by atoms with Crippen molar-refractivity contribution in [3.8, 4) is 11.5 Å². The fourth-order valence-electron chi connectivity index (χ4n) is 2.73. The zero-order valence-corrected chi connectivity index (χ0v) is 15.9. The molecule has 0 spiro atoms. The van der Waals surface area contributed by atoms with E-state index in [2.05, 4.69) is 11.4 Å². The lowest BCUT2D eigenvalue weighted by molar-refractivity contribution is -0.128. The Morgan fingerprint density at radius 3 is 2.56 bits per heavy atom. The predicted molar refractivity (Wildman–Crippen MR) is 109 cm³/mol. The Balaban J connectivity index is 1.48. The van der Waals surface area contributed by atoms with Gasteiger partial charge in [0.15, 0.2) is 6.10 Å². The van der Waals surface area contributed by atoms with Gasteiger partial charge in [0.2, 0.25) is 0 Å². The van der Waals surface area contributed by atoms with Crippen molar-refractivity contribution in [2.45, 2.75) is 19.4 Å². The molecule has 1 unspecified atom stereocenters. The van der Waals surface area contributed by atoms with E-state index in [0.29, 0.717) is 30.3 Å². The van der Waals surface area contributed by atoms with Gasteiger partial charge in [0, 0.05) is 0 Å². The summed E-state index contributed by atoms with van der Waals surface area (Å²) in [5.74, 6) is 1.11. The van der Waals surface area contributed by atoms with Crippen LogP contribution in [0.2, 0.25) is 5.02 Å². The molecule has 140 valence electrons. The molecule has 4 nitrogen and oxygen atoms in total. The van der Waals surface area contributed by atoms with Crippen molar-refractivity contribution in [2.75, 3.05) is 13.2 Å². The van der Waals surface area contributed by atoms with Gasteiger partial charge in [-0.15, -0.1) is 0 Å². The van der Waals surface area contributed by atoms with Crippen LogP contribution in [0, 0.1) is 0 Å². The Hall–Kier alpha value is -2.72. The summed E-state index contributed by atoms with van der Waals surface area (Å²) in [5.41, 5.74) is 0. The molecule has 1 atom stereocenters. The van der Waals surface area contributed by atoms with Crippen LogP contribution in [0.25, 0.3) is 10.8 Å². The predicted octanol–water partition coefficient (Wildman–Crippen LogP) is 4.85. The molecule has 0 saturated heterocycles. The number of hydrogen-bond donors (Lipinski definition) is 1. The first-order valence-corrected chi connectivity index (χ1v) is 9.35. The summed E-state index contributed by atoms with van der Waals surface area (Å²) in [6.45, 7) is 2.67. The second kappa shape index (κ2) is 9.28. The minimum atomic E-state index is -0.592. The standard InChI is InChI=1S/C22H22ClNO3/c1-2-20(27-21-10-6-5-9-19(21)23)22(25)24-13-14-26-18-12-11-16-7-3-4-8-17(16)15-18/h3-12,15,20H,2,13-14H2,1H3,(H,24,25). The van der Waals surface area contributed by atoms with Crippen LogP contribution < -0.4 is 14.8 Å². The number of nitrogens with one attached hydrogen (secondary N) is 1. The fourth-order valence-corrected chi connectivity index (χ4v) is 2.91. The third kappa shape index (κ3) is 5.14. The molecule has 0 aliphatic carbocycles. The first kappa shape index (κ1) is 19.1. The van der Waals surface area contributed by atoms with Crippen LogP contribution in [0.5, 0.6) is 11.5 Å². The summed E-state index contributed by atoms with van der Waals surface area (Å²) < 4.78 is 11.5. The van der Waals surface area contributed by atoms with E-state index >= 15 is 0 Å². The van der Waals surface area contributed by atoms with E-state index in [0.717, 1.165) is 11.1 Å². The van der Waals surface area contributed by atoms with E-state index in [9.17, 15) is 4.79 Å². The van der Waals surface area contributed by atoms with Crippen molar-refractivity contribution in [1.82, 2.24) is 5.32 Å². The largest absolute Gasteiger partial charge is 0.492 e. The number of carbonyl (C=O) groups is 1. The molecule has 0 fully saturated rings. The second-order valence-electron chi connectivity index (χ2n) is 6.09. The van der Waals surface area contributed by atoms with Crippen molar-refractivity contribution >= 4 is 28.3 Å². The van der Waals surface area contributed by atoms with Crippen molar-refractivity contribution in [3.05, 3.63) is 71.8 Å². The van der Waals surface area contributed by atoms with E-state index in [1.165, 1.54) is 5.39 Å². The number of para-hydroxylation sites is 1. The third-order valence-corrected chi connectivity index (χ3v) is 4.47. The summed E-state index contributed by atoms with van der Waals surface area (Å²) in [6, 6.07) is 21.2. The maximum absolute atomic E-state index is 12.3. The maximum atomic E-state index is 12.3. The van der Waals surface area contributed by atoms with Crippen molar-refractivity contribution in [1.29, 1.82) is 0 Å². The highest BCUT2D eigenvalue weighted by molar-refractivity contribution is 6.32. The molecule has 3 aromatic carbocycles. The number of rotatable bonds is 8. The van der Waals surface area contributed by atoms with Gasteiger partial charge in [-0.05, 0) is 41.5 Å². The Morgan fingerprint density at radius 2 is 1.78 bits per heavy atom. The molecule has 0 bridgehead atoms. The van der Waals surface area contributed by atoms with Crippen LogP contribution in [0.4, 0.5) is 0 Å². The third-order valence-electron chi connectivity index (χ3n) is 4.16. The minimum Gasteiger partial charge on any atom is -0.492 e. The van der Waals surface area contributed by atoms with E-state index in [4.69, 9.17) is 21.1 Å². The number of amides is 1. The van der Waals surface area contributed by atoms with Gasteiger partial charge in [-0.2, -0.15) is 0 Å². The molecular weight excluding hydrogens is 362 g/mol. The summed E-state index contributed by atoms with van der Waals surface area (Å²) >= 11 is 6.09. The number of fused-ring (bicyclic) bond motifs is 1. The van der Waals surface area contributed by atoms with E-state index in [1.807, 2.05) is 55.5 Å². The van der Waals surface area contributed by atoms with Crippen LogP contribution in [0.3, 0.4) is 0 Å². The summed E-state index contributed by atoms with van der Waals surface area (Å²) in [5, 5.41) is 5.63.